The summed E-state index contributed by atoms with van der Waals surface area (Å²) in [6.07, 6.45) is 2.99. The third-order valence-electron chi connectivity index (χ3n) is 5.09. The number of likely N-dealkylation sites (tertiary alicyclic amines) is 1. The van der Waals surface area contributed by atoms with Gasteiger partial charge in [-0.3, -0.25) is 9.59 Å². The second-order valence-corrected chi connectivity index (χ2v) is 7.36. The first-order chi connectivity index (χ1) is 12.4. The Hall–Kier alpha value is -2.08. The summed E-state index contributed by atoms with van der Waals surface area (Å²) in [5, 5.41) is 2.66. The van der Waals surface area contributed by atoms with Gasteiger partial charge in [-0.2, -0.15) is 0 Å². The molecule has 6 nitrogen and oxygen atoms in total. The predicted octanol–water partition coefficient (Wildman–Crippen LogP) is 1.58. The third-order valence-corrected chi connectivity index (χ3v) is 5.09. The summed E-state index contributed by atoms with van der Waals surface area (Å²) in [7, 11) is 1.67. The minimum atomic E-state index is -0.571. The quantitative estimate of drug-likeness (QED) is 0.772. The number of benzene rings is 1. The molecule has 6 heteroatoms. The van der Waals surface area contributed by atoms with Crippen molar-refractivity contribution in [2.75, 3.05) is 26.7 Å². The van der Waals surface area contributed by atoms with Crippen molar-refractivity contribution in [1.29, 1.82) is 0 Å². The Bertz CT molecular complexity index is 593. The number of carbonyl (C=O) groups excluding carboxylic acids is 2. The number of methoxy groups -OCH3 is 1. The van der Waals surface area contributed by atoms with Gasteiger partial charge in [0.05, 0.1) is 19.7 Å². The number of nitrogens with zero attached hydrogens (tertiary/aromatic N) is 1. The van der Waals surface area contributed by atoms with Crippen molar-refractivity contribution in [2.24, 2.45) is 17.6 Å². The van der Waals surface area contributed by atoms with Crippen LogP contribution in [0.15, 0.2) is 24.3 Å². The first-order valence-electron chi connectivity index (χ1n) is 9.34. The van der Waals surface area contributed by atoms with Crippen molar-refractivity contribution in [2.45, 2.75) is 39.2 Å². The van der Waals surface area contributed by atoms with Gasteiger partial charge in [-0.1, -0.05) is 26.0 Å². The van der Waals surface area contributed by atoms with Crippen molar-refractivity contribution < 1.29 is 14.3 Å². The lowest BCUT2D eigenvalue weighted by Crippen LogP contribution is -2.49. The number of nitrogens with two attached hydrogens (primary N) is 1. The van der Waals surface area contributed by atoms with E-state index in [-0.39, 0.29) is 24.3 Å². The van der Waals surface area contributed by atoms with Crippen LogP contribution in [0.1, 0.15) is 32.3 Å². The second kappa shape index (κ2) is 9.57. The lowest BCUT2D eigenvalue weighted by atomic mass is 9.90. The summed E-state index contributed by atoms with van der Waals surface area (Å²) in [6, 6.07) is 7.60. The highest BCUT2D eigenvalue weighted by atomic mass is 16.5. The monoisotopic (exact) mass is 361 g/mol. The molecule has 1 aromatic carbocycles. The molecule has 3 N–H and O–H groups in total. The summed E-state index contributed by atoms with van der Waals surface area (Å²) >= 11 is 0. The van der Waals surface area contributed by atoms with E-state index in [0.717, 1.165) is 38.1 Å². The van der Waals surface area contributed by atoms with Gasteiger partial charge in [0, 0.05) is 13.1 Å². The maximum atomic E-state index is 12.3. The topological polar surface area (TPSA) is 84.7 Å². The zero-order chi connectivity index (χ0) is 19.1. The minimum Gasteiger partial charge on any atom is -0.497 e. The first kappa shape index (κ1) is 20.2. The number of piperidine rings is 1. The Balaban J connectivity index is 1.73. The average Bonchev–Trinajstić information content (AvgIpc) is 2.66. The highest BCUT2D eigenvalue weighted by molar-refractivity contribution is 5.87. The summed E-state index contributed by atoms with van der Waals surface area (Å²) in [6.45, 7) is 5.29. The van der Waals surface area contributed by atoms with E-state index in [1.807, 2.05) is 30.9 Å². The largest absolute Gasteiger partial charge is 0.497 e. The van der Waals surface area contributed by atoms with E-state index < -0.39 is 6.04 Å². The molecule has 1 atom stereocenters. The molecule has 0 saturated carbocycles. The number of hydrogen-bond acceptors (Lipinski definition) is 4. The van der Waals surface area contributed by atoms with Crippen molar-refractivity contribution in [3.05, 3.63) is 29.8 Å². The summed E-state index contributed by atoms with van der Waals surface area (Å²) in [5.74, 6) is 1.21. The molecule has 0 bridgehead atoms. The van der Waals surface area contributed by atoms with Crippen LogP contribution in [0.4, 0.5) is 0 Å². The Morgan fingerprint density at radius 1 is 1.23 bits per heavy atom. The highest BCUT2D eigenvalue weighted by Crippen LogP contribution is 2.23. The standard InChI is InChI=1S/C20H31N3O3/c1-14(2)19(21)20(25)22-13-18(24)23-10-8-16(9-11-23)12-15-4-6-17(26-3)7-5-15/h4-7,14,16,19H,8-13,21H2,1-3H3,(H,22,25)/t19-/m0/s1. The number of carbonyl (C=O) groups is 2. The van der Waals surface area contributed by atoms with Crippen LogP contribution in [-0.2, 0) is 16.0 Å². The molecule has 144 valence electrons. The molecule has 2 rings (SSSR count). The number of hydrogen-bond donors (Lipinski definition) is 2. The Morgan fingerprint density at radius 2 is 1.85 bits per heavy atom. The Kier molecular flexibility index (Phi) is 7.45. The van der Waals surface area contributed by atoms with Gasteiger partial charge in [-0.05, 0) is 48.8 Å². The van der Waals surface area contributed by atoms with Gasteiger partial charge in [0.2, 0.25) is 11.8 Å². The third kappa shape index (κ3) is 5.73. The fourth-order valence-corrected chi connectivity index (χ4v) is 3.18. The van der Waals surface area contributed by atoms with Gasteiger partial charge in [0.25, 0.3) is 0 Å². The zero-order valence-electron chi connectivity index (χ0n) is 16.0. The molecule has 1 aliphatic rings. The van der Waals surface area contributed by atoms with Crippen LogP contribution in [-0.4, -0.2) is 49.5 Å². The van der Waals surface area contributed by atoms with Gasteiger partial charge in [-0.15, -0.1) is 0 Å². The summed E-state index contributed by atoms with van der Waals surface area (Å²) in [5.41, 5.74) is 7.09. The van der Waals surface area contributed by atoms with Gasteiger partial charge >= 0.3 is 0 Å². The minimum absolute atomic E-state index is 0.0302. The zero-order valence-corrected chi connectivity index (χ0v) is 16.0. The molecule has 1 saturated heterocycles. The van der Waals surface area contributed by atoms with Crippen LogP contribution in [0.3, 0.4) is 0 Å². The van der Waals surface area contributed by atoms with E-state index in [0.29, 0.717) is 5.92 Å². The van der Waals surface area contributed by atoms with Crippen LogP contribution in [0.2, 0.25) is 0 Å². The van der Waals surface area contributed by atoms with Gasteiger partial charge in [0.15, 0.2) is 0 Å². The molecular formula is C20H31N3O3. The van der Waals surface area contributed by atoms with Gasteiger partial charge in [-0.25, -0.2) is 0 Å². The highest BCUT2D eigenvalue weighted by Gasteiger charge is 2.24. The van der Waals surface area contributed by atoms with Crippen LogP contribution >= 0.6 is 0 Å². The van der Waals surface area contributed by atoms with Crippen molar-refractivity contribution in [1.82, 2.24) is 10.2 Å². The molecule has 26 heavy (non-hydrogen) atoms. The molecule has 0 aliphatic carbocycles. The Morgan fingerprint density at radius 3 is 2.38 bits per heavy atom. The molecule has 1 aromatic rings. The molecular weight excluding hydrogens is 330 g/mol. The SMILES string of the molecule is COc1ccc(CC2CCN(C(=O)CNC(=O)[C@@H](N)C(C)C)CC2)cc1. The number of ether oxygens (including phenoxy) is 1. The number of rotatable bonds is 7. The maximum absolute atomic E-state index is 12.3. The molecule has 0 unspecified atom stereocenters. The lowest BCUT2D eigenvalue weighted by molar-refractivity contribution is -0.134. The first-order valence-corrected chi connectivity index (χ1v) is 9.34. The predicted molar refractivity (Wildman–Crippen MR) is 102 cm³/mol. The van der Waals surface area contributed by atoms with Crippen molar-refractivity contribution >= 4 is 11.8 Å². The lowest BCUT2D eigenvalue weighted by Gasteiger charge is -2.32. The Labute approximate surface area is 156 Å². The molecule has 1 aliphatic heterocycles. The van der Waals surface area contributed by atoms with E-state index in [4.69, 9.17) is 10.5 Å². The smallest absolute Gasteiger partial charge is 0.241 e. The molecule has 0 spiro atoms. The van der Waals surface area contributed by atoms with Crippen LogP contribution in [0, 0.1) is 11.8 Å². The van der Waals surface area contributed by atoms with E-state index >= 15 is 0 Å². The van der Waals surface area contributed by atoms with E-state index in [9.17, 15) is 9.59 Å². The average molecular weight is 361 g/mol. The van der Waals surface area contributed by atoms with Crippen molar-refractivity contribution in [3.63, 3.8) is 0 Å². The molecule has 2 amide bonds. The molecule has 0 radical (unpaired) electrons. The normalized spacial score (nSPS) is 16.4. The molecule has 1 fully saturated rings. The molecule has 1 heterocycles. The van der Waals surface area contributed by atoms with Crippen molar-refractivity contribution in [3.8, 4) is 5.75 Å². The number of nitrogens with one attached hydrogen (secondary N) is 1. The number of amides is 2. The van der Waals surface area contributed by atoms with Gasteiger partial charge < -0.3 is 20.7 Å². The fraction of sp³-hybridized carbons (Fsp3) is 0.600. The van der Waals surface area contributed by atoms with E-state index in [1.54, 1.807) is 7.11 Å². The summed E-state index contributed by atoms with van der Waals surface area (Å²) in [4.78, 5) is 26.0. The van der Waals surface area contributed by atoms with Gasteiger partial charge in [0.1, 0.15) is 5.75 Å². The van der Waals surface area contributed by atoms with E-state index in [2.05, 4.69) is 17.4 Å². The van der Waals surface area contributed by atoms with Crippen LogP contribution in [0.25, 0.3) is 0 Å². The molecule has 0 aromatic heterocycles. The van der Waals surface area contributed by atoms with Crippen LogP contribution in [0.5, 0.6) is 5.75 Å². The van der Waals surface area contributed by atoms with Crippen LogP contribution < -0.4 is 15.8 Å². The fourth-order valence-electron chi connectivity index (χ4n) is 3.18. The second-order valence-electron chi connectivity index (χ2n) is 7.36. The maximum Gasteiger partial charge on any atom is 0.241 e. The summed E-state index contributed by atoms with van der Waals surface area (Å²) < 4.78 is 5.19. The van der Waals surface area contributed by atoms with E-state index in [1.165, 1.54) is 5.56 Å².